The number of hydrogen-bond donors (Lipinski definition) is 9. The molecule has 3 saturated heterocycles. The number of nitrogens with one attached hydrogen (secondary N) is 5. The molecule has 4 aromatic carbocycles. The molecule has 3 aliphatic rings. The number of carbonyl (C=O) groups excluding carboxylic acids is 6. The number of allylic oxidation sites excluding steroid dienone is 1. The van der Waals surface area contributed by atoms with E-state index in [2.05, 4.69) is 115 Å². The first kappa shape index (κ1) is 64.5. The van der Waals surface area contributed by atoms with Crippen LogP contribution in [0.1, 0.15) is 65.3 Å². The van der Waals surface area contributed by atoms with E-state index in [-0.39, 0.29) is 83.7 Å². The number of halogens is 4. The molecule has 0 bridgehead atoms. The van der Waals surface area contributed by atoms with Crippen LogP contribution in [0.2, 0.25) is 0 Å². The number of hydrogen-bond acceptors (Lipinski definition) is 19. The molecular formula is C45H41I4N12NaO14. The minimum absolute atomic E-state index is 0. The first-order chi connectivity index (χ1) is 35.4. The van der Waals surface area contributed by atoms with E-state index in [0.29, 0.717) is 45.2 Å². The van der Waals surface area contributed by atoms with Gasteiger partial charge < -0.3 is 47.5 Å². The molecule has 9 rings (SSSR count). The average molecular weight is 1500 g/mol. The van der Waals surface area contributed by atoms with Crippen LogP contribution >= 0.6 is 90.4 Å². The normalized spacial score (nSPS) is 16.4. The van der Waals surface area contributed by atoms with Gasteiger partial charge in [0.05, 0.1) is 33.5 Å². The second kappa shape index (κ2) is 30.8. The predicted molar refractivity (Wildman–Crippen MR) is 305 cm³/mol. The summed E-state index contributed by atoms with van der Waals surface area (Å²) in [7, 11) is 0. The van der Waals surface area contributed by atoms with Crippen LogP contribution in [0.25, 0.3) is 21.8 Å². The molecule has 5 heterocycles. The van der Waals surface area contributed by atoms with Gasteiger partial charge in [-0.15, -0.1) is 10.4 Å². The Morgan fingerprint density at radius 1 is 0.737 bits per heavy atom. The molecule has 3 fully saturated rings. The van der Waals surface area contributed by atoms with Gasteiger partial charge in [-0.1, -0.05) is 11.8 Å². The quantitative estimate of drug-likeness (QED) is 0.0289. The van der Waals surface area contributed by atoms with Crippen molar-refractivity contribution in [1.82, 2.24) is 41.2 Å². The molecule has 0 radical (unpaired) electrons. The molecule has 0 aliphatic carbocycles. The van der Waals surface area contributed by atoms with Crippen molar-refractivity contribution in [3.63, 3.8) is 0 Å². The van der Waals surface area contributed by atoms with Crippen LogP contribution < -0.4 is 85.0 Å². The number of nitrogens with zero attached hydrogens (tertiary/aromatic N) is 4. The zero-order valence-corrected chi connectivity index (χ0v) is 50.0. The third kappa shape index (κ3) is 19.3. The number of imide groups is 2. The number of aromatic amines is 1. The summed E-state index contributed by atoms with van der Waals surface area (Å²) in [5, 5.41) is 35.7. The van der Waals surface area contributed by atoms with Gasteiger partial charge in [0.2, 0.25) is 23.6 Å². The topological polar surface area (TPSA) is 429 Å². The van der Waals surface area contributed by atoms with E-state index in [0.717, 1.165) is 42.8 Å². The van der Waals surface area contributed by atoms with Crippen LogP contribution in [0, 0.1) is 24.4 Å². The smallest absolute Gasteiger partial charge is 0.478 e. The van der Waals surface area contributed by atoms with E-state index in [9.17, 15) is 47.9 Å². The molecule has 26 nitrogen and oxygen atoms in total. The number of amides is 6. The van der Waals surface area contributed by atoms with Gasteiger partial charge in [-0.3, -0.25) is 49.2 Å². The fraction of sp³-hybridized carbons (Fsp3) is 0.200. The first-order valence-corrected chi connectivity index (χ1v) is 25.6. The minimum Gasteiger partial charge on any atom is -0.478 e. The summed E-state index contributed by atoms with van der Waals surface area (Å²) in [6.45, 7) is 3.61. The standard InChI is InChI=1S/C12H9IN4O3.C12H12IN3O3.C8H4INO3.C7H6INO2.C6H10N2O.HNO2.Na/c13-6-1-2-8-7(5-6)12(20)17(16-15-8)9-3-4-10(18)14-11(9)19;13-6-1-2-8(14)7(5-6)11(18)15-9-3-4-10(17)16-12(9)19;9-4-1-2-6-5(3-4)7(11)13-8(12)10-6;8-4-1-2-6(9)5(3-4)7(10)11;1-4-2-3-5(7)6(9)8-4;2-1-3;/h1-2,5,9H,3-4H2,(H,14,18,19);1-2,5,9H,3-4,14H2,(H,15,18)(H,16,17,19);1-3H,(H,10,12);1-3H,9H2,(H,10,11);5H,1-3,7H2,(H,8,9);(H,2,3);/q;;;;;;+1/p-1. The summed E-state index contributed by atoms with van der Waals surface area (Å²) in [5.41, 5.74) is 18.5. The number of carboxylic acids is 1. The molecule has 0 saturated carbocycles. The van der Waals surface area contributed by atoms with Crippen LogP contribution in [-0.2, 0) is 24.0 Å². The van der Waals surface area contributed by atoms with Crippen molar-refractivity contribution in [2.75, 3.05) is 11.5 Å². The molecule has 12 N–H and O–H groups in total. The number of rotatable bonds is 4. The fourth-order valence-electron chi connectivity index (χ4n) is 6.51. The fourth-order valence-corrected chi connectivity index (χ4v) is 8.48. The van der Waals surface area contributed by atoms with Gasteiger partial charge in [0.25, 0.3) is 17.4 Å². The number of nitrogens with two attached hydrogens (primary N) is 3. The number of carboxylic acid groups (broad SMARTS) is 1. The summed E-state index contributed by atoms with van der Waals surface area (Å²) in [6, 6.07) is 18.6. The minimum atomic E-state index is -0.985. The Bertz CT molecular complexity index is 3400. The second-order valence-electron chi connectivity index (χ2n) is 15.5. The number of benzene rings is 4. The maximum Gasteiger partial charge on any atom is 1.00 e. The third-order valence-electron chi connectivity index (χ3n) is 10.2. The predicted octanol–water partition coefficient (Wildman–Crippen LogP) is 0.432. The number of anilines is 2. The zero-order chi connectivity index (χ0) is 55.7. The van der Waals surface area contributed by atoms with Gasteiger partial charge in [-0.25, -0.2) is 14.4 Å². The first-order valence-electron chi connectivity index (χ1n) is 21.3. The summed E-state index contributed by atoms with van der Waals surface area (Å²) in [5.74, 6) is -3.86. The summed E-state index contributed by atoms with van der Waals surface area (Å²) in [4.78, 5) is 123. The molecule has 2 aromatic heterocycles. The Morgan fingerprint density at radius 3 is 1.82 bits per heavy atom. The van der Waals surface area contributed by atoms with Crippen molar-refractivity contribution in [2.24, 2.45) is 11.1 Å². The summed E-state index contributed by atoms with van der Waals surface area (Å²) >= 11 is 8.29. The van der Waals surface area contributed by atoms with Gasteiger partial charge in [-0.2, -0.15) is 4.68 Å². The molecule has 76 heavy (non-hydrogen) atoms. The Morgan fingerprint density at radius 2 is 1.26 bits per heavy atom. The van der Waals surface area contributed by atoms with Crippen molar-refractivity contribution >= 4 is 165 Å². The average Bonchev–Trinajstić information content (AvgIpc) is 3.34. The van der Waals surface area contributed by atoms with E-state index in [4.69, 9.17) is 32.4 Å². The summed E-state index contributed by atoms with van der Waals surface area (Å²) in [6.07, 6.45) is 2.51. The SMILES string of the molecule is C=C1CCC(N)C(=O)N1.Nc1ccc(I)cc1C(=O)NC1CCC(=O)NC1=O.Nc1ccc(I)cc1C(=O)O.O=C1CCC(n2nnc3ccc(I)cc3c2=O)C(=O)N1.O=N[O-].O=c1[nH]c2ccc(I)cc2c(=O)o1.[Na+]. The largest absolute Gasteiger partial charge is 1.00 e. The molecule has 6 amide bonds. The van der Waals surface area contributed by atoms with Crippen LogP contribution in [0.3, 0.4) is 0 Å². The summed E-state index contributed by atoms with van der Waals surface area (Å²) < 4.78 is 8.99. The number of fused-ring (bicyclic) bond motifs is 2. The third-order valence-corrected chi connectivity index (χ3v) is 12.9. The molecule has 3 aliphatic heterocycles. The molecular weight excluding hydrogens is 1460 g/mol. The Labute approximate surface area is 504 Å². The van der Waals surface area contributed by atoms with Crippen LogP contribution in [0.4, 0.5) is 11.4 Å². The molecule has 31 heteroatoms. The van der Waals surface area contributed by atoms with E-state index in [1.165, 1.54) is 6.07 Å². The molecule has 394 valence electrons. The van der Waals surface area contributed by atoms with Gasteiger partial charge in [0.15, 0.2) is 0 Å². The number of aromatic carboxylic acids is 1. The van der Waals surface area contributed by atoms with Crippen molar-refractivity contribution in [3.05, 3.63) is 152 Å². The van der Waals surface area contributed by atoms with E-state index in [1.807, 2.05) is 28.7 Å². The van der Waals surface area contributed by atoms with E-state index < -0.39 is 47.2 Å². The monoisotopic (exact) mass is 1500 g/mol. The maximum absolute atomic E-state index is 12.4. The zero-order valence-electron chi connectivity index (χ0n) is 39.4. The van der Waals surface area contributed by atoms with E-state index >= 15 is 0 Å². The van der Waals surface area contributed by atoms with Crippen LogP contribution in [-0.4, -0.2) is 78.6 Å². The van der Waals surface area contributed by atoms with Crippen molar-refractivity contribution in [3.8, 4) is 0 Å². The van der Waals surface area contributed by atoms with Gasteiger partial charge in [0.1, 0.15) is 17.6 Å². The van der Waals surface area contributed by atoms with E-state index in [1.54, 1.807) is 60.7 Å². The Kier molecular flexibility index (Phi) is 26.1. The van der Waals surface area contributed by atoms with Gasteiger partial charge in [-0.05, 0) is 189 Å². The molecule has 6 aromatic rings. The number of aromatic nitrogens is 4. The van der Waals surface area contributed by atoms with Crippen molar-refractivity contribution < 1.29 is 72.6 Å². The number of nitrogen functional groups attached to an aromatic ring is 2. The van der Waals surface area contributed by atoms with Crippen molar-refractivity contribution in [1.29, 1.82) is 0 Å². The maximum atomic E-state index is 12.4. The Hall–Kier alpha value is -5.80. The van der Waals surface area contributed by atoms with Gasteiger partial charge in [0, 0.05) is 44.2 Å². The number of piperidine rings is 3. The van der Waals surface area contributed by atoms with Gasteiger partial charge >= 0.3 is 46.9 Å². The van der Waals surface area contributed by atoms with Crippen molar-refractivity contribution in [2.45, 2.75) is 56.7 Å². The molecule has 3 atom stereocenters. The number of H-pyrrole nitrogens is 1. The second-order valence-corrected chi connectivity index (χ2v) is 20.5. The van der Waals surface area contributed by atoms with Crippen LogP contribution in [0.15, 0.2) is 109 Å². The Balaban J connectivity index is 0.000000253. The van der Waals surface area contributed by atoms with Crippen LogP contribution in [0.5, 0.6) is 0 Å². The molecule has 0 spiro atoms. The molecule has 3 unspecified atom stereocenters. The number of carbonyl (C=O) groups is 7.